The highest BCUT2D eigenvalue weighted by Gasteiger charge is 2.31. The van der Waals surface area contributed by atoms with Gasteiger partial charge in [0.15, 0.2) is 5.65 Å². The number of hydrogen-bond donors (Lipinski definition) is 1. The average molecular weight is 416 g/mol. The SMILES string of the molecule is O=C(Nc1ccc(F)cc1)c1nc2cccc(-c3ccc(OC(F)(F)F)cc3)n2n1. The minimum atomic E-state index is -4.78. The summed E-state index contributed by atoms with van der Waals surface area (Å²) in [6.45, 7) is 0. The van der Waals surface area contributed by atoms with Crippen molar-refractivity contribution >= 4 is 17.2 Å². The highest BCUT2D eigenvalue weighted by molar-refractivity contribution is 6.01. The van der Waals surface area contributed by atoms with Gasteiger partial charge in [0.2, 0.25) is 5.82 Å². The van der Waals surface area contributed by atoms with Crippen molar-refractivity contribution in [3.05, 3.63) is 78.4 Å². The van der Waals surface area contributed by atoms with Crippen LogP contribution in [0.4, 0.5) is 23.2 Å². The molecule has 0 aliphatic carbocycles. The fraction of sp³-hybridized carbons (Fsp3) is 0.0500. The normalized spacial score (nSPS) is 11.5. The highest BCUT2D eigenvalue weighted by atomic mass is 19.4. The molecular weight excluding hydrogens is 404 g/mol. The average Bonchev–Trinajstić information content (AvgIpc) is 3.14. The van der Waals surface area contributed by atoms with Crippen LogP contribution in [0, 0.1) is 5.82 Å². The summed E-state index contributed by atoms with van der Waals surface area (Å²) in [4.78, 5) is 16.6. The largest absolute Gasteiger partial charge is 0.573 e. The first-order chi connectivity index (χ1) is 14.3. The molecule has 2 aromatic heterocycles. The summed E-state index contributed by atoms with van der Waals surface area (Å²) < 4.78 is 55.2. The van der Waals surface area contributed by atoms with E-state index < -0.39 is 18.1 Å². The van der Waals surface area contributed by atoms with Crippen molar-refractivity contribution in [2.75, 3.05) is 5.32 Å². The van der Waals surface area contributed by atoms with Gasteiger partial charge in [-0.2, -0.15) is 0 Å². The molecule has 0 unspecified atom stereocenters. The standard InChI is InChI=1S/C20H12F4N4O2/c21-13-6-8-14(9-7-13)25-19(29)18-26-17-3-1-2-16(28(17)27-18)12-4-10-15(11-5-12)30-20(22,23)24/h1-11H,(H,25,29). The van der Waals surface area contributed by atoms with Gasteiger partial charge in [0.05, 0.1) is 5.69 Å². The van der Waals surface area contributed by atoms with Gasteiger partial charge in [-0.25, -0.2) is 13.9 Å². The quantitative estimate of drug-likeness (QED) is 0.491. The smallest absolute Gasteiger partial charge is 0.406 e. The molecule has 0 saturated carbocycles. The first kappa shape index (κ1) is 19.4. The van der Waals surface area contributed by atoms with Crippen LogP contribution in [0.2, 0.25) is 0 Å². The van der Waals surface area contributed by atoms with E-state index in [1.165, 1.54) is 53.0 Å². The Hall–Kier alpha value is -3.95. The number of halogens is 4. The first-order valence-corrected chi connectivity index (χ1v) is 8.57. The molecule has 2 heterocycles. The van der Waals surface area contributed by atoms with Gasteiger partial charge >= 0.3 is 6.36 Å². The van der Waals surface area contributed by atoms with Gasteiger partial charge in [0.25, 0.3) is 5.91 Å². The van der Waals surface area contributed by atoms with Crippen LogP contribution in [0.5, 0.6) is 5.75 Å². The molecule has 1 N–H and O–H groups in total. The number of carbonyl (C=O) groups is 1. The van der Waals surface area contributed by atoms with Crippen molar-refractivity contribution in [2.45, 2.75) is 6.36 Å². The Bertz CT molecular complexity index is 1200. The van der Waals surface area contributed by atoms with Crippen molar-refractivity contribution < 1.29 is 27.1 Å². The fourth-order valence-electron chi connectivity index (χ4n) is 2.77. The maximum absolute atomic E-state index is 13.0. The molecule has 2 aromatic carbocycles. The molecular formula is C20H12F4N4O2. The summed E-state index contributed by atoms with van der Waals surface area (Å²) in [5, 5.41) is 6.76. The molecule has 4 rings (SSSR count). The van der Waals surface area contributed by atoms with Gasteiger partial charge in [-0.05, 0) is 60.7 Å². The van der Waals surface area contributed by atoms with Crippen LogP contribution in [0.25, 0.3) is 16.9 Å². The van der Waals surface area contributed by atoms with E-state index in [-0.39, 0.29) is 11.6 Å². The van der Waals surface area contributed by atoms with E-state index in [4.69, 9.17) is 0 Å². The van der Waals surface area contributed by atoms with Crippen molar-refractivity contribution in [3.8, 4) is 17.0 Å². The van der Waals surface area contributed by atoms with Crippen LogP contribution in [-0.2, 0) is 0 Å². The molecule has 10 heteroatoms. The number of ether oxygens (including phenoxy) is 1. The zero-order valence-electron chi connectivity index (χ0n) is 15.0. The third kappa shape index (κ3) is 4.22. The summed E-state index contributed by atoms with van der Waals surface area (Å²) in [6, 6.07) is 15.5. The minimum Gasteiger partial charge on any atom is -0.406 e. The number of aromatic nitrogens is 3. The second-order valence-corrected chi connectivity index (χ2v) is 6.15. The number of fused-ring (bicyclic) bond motifs is 1. The highest BCUT2D eigenvalue weighted by Crippen LogP contribution is 2.26. The number of anilines is 1. The van der Waals surface area contributed by atoms with E-state index in [2.05, 4.69) is 20.1 Å². The molecule has 0 aliphatic rings. The second-order valence-electron chi connectivity index (χ2n) is 6.15. The minimum absolute atomic E-state index is 0.121. The molecule has 0 atom stereocenters. The molecule has 0 spiro atoms. The van der Waals surface area contributed by atoms with Crippen molar-refractivity contribution in [2.24, 2.45) is 0 Å². The molecule has 0 fully saturated rings. The number of rotatable bonds is 4. The summed E-state index contributed by atoms with van der Waals surface area (Å²) in [5.41, 5.74) is 1.80. The molecule has 4 aromatic rings. The third-order valence-corrected chi connectivity index (χ3v) is 4.05. The van der Waals surface area contributed by atoms with Gasteiger partial charge in [0.1, 0.15) is 11.6 Å². The third-order valence-electron chi connectivity index (χ3n) is 4.05. The lowest BCUT2D eigenvalue weighted by atomic mass is 10.1. The lowest BCUT2D eigenvalue weighted by Gasteiger charge is -2.09. The Kier molecular flexibility index (Phi) is 4.82. The zero-order valence-corrected chi connectivity index (χ0v) is 15.0. The molecule has 0 radical (unpaired) electrons. The molecule has 1 amide bonds. The second kappa shape index (κ2) is 7.47. The van der Waals surface area contributed by atoms with E-state index in [0.717, 1.165) is 0 Å². The molecule has 30 heavy (non-hydrogen) atoms. The number of amides is 1. The Morgan fingerprint density at radius 2 is 1.67 bits per heavy atom. The number of hydrogen-bond acceptors (Lipinski definition) is 4. The van der Waals surface area contributed by atoms with Gasteiger partial charge in [0, 0.05) is 11.3 Å². The number of nitrogens with zero attached hydrogens (tertiary/aromatic N) is 3. The Labute approximate surface area is 166 Å². The molecule has 6 nitrogen and oxygen atoms in total. The lowest BCUT2D eigenvalue weighted by molar-refractivity contribution is -0.274. The number of nitrogens with one attached hydrogen (secondary N) is 1. The van der Waals surface area contributed by atoms with Crippen LogP contribution in [0.3, 0.4) is 0 Å². The van der Waals surface area contributed by atoms with Crippen LogP contribution in [-0.4, -0.2) is 26.9 Å². The predicted octanol–water partition coefficient (Wildman–Crippen LogP) is 4.69. The van der Waals surface area contributed by atoms with E-state index in [0.29, 0.717) is 22.6 Å². The van der Waals surface area contributed by atoms with Crippen LogP contribution >= 0.6 is 0 Å². The molecule has 0 bridgehead atoms. The first-order valence-electron chi connectivity index (χ1n) is 8.57. The van der Waals surface area contributed by atoms with Gasteiger partial charge in [-0.1, -0.05) is 6.07 Å². The summed E-state index contributed by atoms with van der Waals surface area (Å²) >= 11 is 0. The van der Waals surface area contributed by atoms with E-state index in [1.807, 2.05) is 0 Å². The Balaban J connectivity index is 1.62. The number of carbonyl (C=O) groups excluding carboxylic acids is 1. The van der Waals surface area contributed by atoms with E-state index in [9.17, 15) is 22.4 Å². The van der Waals surface area contributed by atoms with Crippen molar-refractivity contribution in [1.82, 2.24) is 14.6 Å². The van der Waals surface area contributed by atoms with Gasteiger partial charge in [-0.3, -0.25) is 4.79 Å². The summed E-state index contributed by atoms with van der Waals surface area (Å²) in [5.74, 6) is -1.50. The predicted molar refractivity (Wildman–Crippen MR) is 99.5 cm³/mol. The van der Waals surface area contributed by atoms with Gasteiger partial charge < -0.3 is 10.1 Å². The number of benzene rings is 2. The monoisotopic (exact) mass is 416 g/mol. The molecule has 0 saturated heterocycles. The van der Waals surface area contributed by atoms with E-state index >= 15 is 0 Å². The number of pyridine rings is 1. The van der Waals surface area contributed by atoms with Crippen molar-refractivity contribution in [1.29, 1.82) is 0 Å². The molecule has 0 aliphatic heterocycles. The fourth-order valence-corrected chi connectivity index (χ4v) is 2.77. The van der Waals surface area contributed by atoms with Gasteiger partial charge in [-0.15, -0.1) is 18.3 Å². The summed E-state index contributed by atoms with van der Waals surface area (Å²) in [6.07, 6.45) is -4.78. The van der Waals surface area contributed by atoms with Crippen molar-refractivity contribution in [3.63, 3.8) is 0 Å². The number of alkyl halides is 3. The maximum atomic E-state index is 13.0. The van der Waals surface area contributed by atoms with Crippen LogP contribution < -0.4 is 10.1 Å². The molecule has 152 valence electrons. The maximum Gasteiger partial charge on any atom is 0.573 e. The Morgan fingerprint density at radius 3 is 2.33 bits per heavy atom. The van der Waals surface area contributed by atoms with E-state index in [1.54, 1.807) is 18.2 Å². The van der Waals surface area contributed by atoms with Crippen LogP contribution in [0.15, 0.2) is 66.7 Å². The van der Waals surface area contributed by atoms with Crippen LogP contribution in [0.1, 0.15) is 10.6 Å². The topological polar surface area (TPSA) is 68.5 Å². The Morgan fingerprint density at radius 1 is 0.967 bits per heavy atom. The lowest BCUT2D eigenvalue weighted by Crippen LogP contribution is -2.16. The zero-order chi connectivity index (χ0) is 21.3. The summed E-state index contributed by atoms with van der Waals surface area (Å²) in [7, 11) is 0.